The van der Waals surface area contributed by atoms with Gasteiger partial charge >= 0.3 is 0 Å². The molecule has 0 atom stereocenters. The molecule has 0 radical (unpaired) electrons. The van der Waals surface area contributed by atoms with Gasteiger partial charge in [-0.2, -0.15) is 0 Å². The van der Waals surface area contributed by atoms with Gasteiger partial charge in [-0.1, -0.05) is 29.8 Å². The molecule has 1 rings (SSSR count). The fraction of sp³-hybridized carbons (Fsp3) is 0.438. The molecule has 0 fully saturated rings. The predicted molar refractivity (Wildman–Crippen MR) is 91.9 cm³/mol. The van der Waals surface area contributed by atoms with Crippen molar-refractivity contribution in [3.05, 3.63) is 34.3 Å². The molecule has 0 aromatic heterocycles. The van der Waals surface area contributed by atoms with Gasteiger partial charge in [0, 0.05) is 42.0 Å². The number of carbonyl (C=O) groups is 3. The summed E-state index contributed by atoms with van der Waals surface area (Å²) in [6.07, 6.45) is 0.195. The molecule has 23 heavy (non-hydrogen) atoms. The second-order valence-corrected chi connectivity index (χ2v) is 6.22. The molecule has 3 amide bonds. The van der Waals surface area contributed by atoms with Crippen molar-refractivity contribution >= 4 is 33.7 Å². The van der Waals surface area contributed by atoms with Crippen LogP contribution in [0.1, 0.15) is 30.6 Å². The normalized spacial score (nSPS) is 10.3. The van der Waals surface area contributed by atoms with Crippen molar-refractivity contribution in [3.8, 4) is 0 Å². The number of rotatable bonds is 8. The molecule has 126 valence electrons. The zero-order valence-electron chi connectivity index (χ0n) is 13.3. The summed E-state index contributed by atoms with van der Waals surface area (Å²) in [6, 6.07) is 6.98. The van der Waals surface area contributed by atoms with Crippen molar-refractivity contribution in [2.45, 2.75) is 20.3 Å². The maximum Gasteiger partial charge on any atom is 0.251 e. The highest BCUT2D eigenvalue weighted by Gasteiger charge is 2.07. The van der Waals surface area contributed by atoms with E-state index in [4.69, 9.17) is 0 Å². The van der Waals surface area contributed by atoms with Gasteiger partial charge in [0.1, 0.15) is 0 Å². The summed E-state index contributed by atoms with van der Waals surface area (Å²) in [5.41, 5.74) is 0.546. The van der Waals surface area contributed by atoms with Gasteiger partial charge in [-0.05, 0) is 24.3 Å². The van der Waals surface area contributed by atoms with E-state index in [1.54, 1.807) is 24.3 Å². The van der Waals surface area contributed by atoms with Crippen LogP contribution in [0.2, 0.25) is 0 Å². The summed E-state index contributed by atoms with van der Waals surface area (Å²) in [6.45, 7) is 4.65. The zero-order chi connectivity index (χ0) is 17.2. The van der Waals surface area contributed by atoms with Gasteiger partial charge in [-0.3, -0.25) is 14.4 Å². The lowest BCUT2D eigenvalue weighted by molar-refractivity contribution is -0.124. The topological polar surface area (TPSA) is 87.3 Å². The van der Waals surface area contributed by atoms with Crippen LogP contribution in [0.4, 0.5) is 0 Å². The third kappa shape index (κ3) is 7.78. The van der Waals surface area contributed by atoms with Crippen molar-refractivity contribution in [3.63, 3.8) is 0 Å². The Labute approximate surface area is 144 Å². The molecule has 6 nitrogen and oxygen atoms in total. The van der Waals surface area contributed by atoms with Crippen LogP contribution in [-0.2, 0) is 9.59 Å². The van der Waals surface area contributed by atoms with E-state index in [0.29, 0.717) is 18.7 Å². The minimum absolute atomic E-state index is 0.0407. The van der Waals surface area contributed by atoms with Crippen LogP contribution in [-0.4, -0.2) is 37.4 Å². The van der Waals surface area contributed by atoms with E-state index in [-0.39, 0.29) is 36.6 Å². The zero-order valence-corrected chi connectivity index (χ0v) is 14.9. The first-order chi connectivity index (χ1) is 10.9. The predicted octanol–water partition coefficient (Wildman–Crippen LogP) is 1.46. The lowest BCUT2D eigenvalue weighted by Crippen LogP contribution is -2.37. The number of nitrogens with one attached hydrogen (secondary N) is 3. The van der Waals surface area contributed by atoms with Gasteiger partial charge in [-0.25, -0.2) is 0 Å². The molecule has 0 heterocycles. The smallest absolute Gasteiger partial charge is 0.251 e. The van der Waals surface area contributed by atoms with Gasteiger partial charge in [-0.15, -0.1) is 0 Å². The minimum Gasteiger partial charge on any atom is -0.354 e. The van der Waals surface area contributed by atoms with Crippen molar-refractivity contribution in [1.29, 1.82) is 0 Å². The first-order valence-corrected chi connectivity index (χ1v) is 8.27. The summed E-state index contributed by atoms with van der Waals surface area (Å²) >= 11 is 3.30. The molecule has 1 aromatic rings. The Balaban J connectivity index is 2.15. The number of carbonyl (C=O) groups excluding carboxylic acids is 3. The van der Waals surface area contributed by atoms with Crippen LogP contribution in [0.3, 0.4) is 0 Å². The molecule has 0 unspecified atom stereocenters. The van der Waals surface area contributed by atoms with Crippen molar-refractivity contribution in [2.24, 2.45) is 5.92 Å². The molecule has 0 bridgehead atoms. The number of benzene rings is 1. The molecule has 1 aromatic carbocycles. The standard InChI is InChI=1S/C16H22BrN3O3/c1-11(2)15(22)20-10-9-18-14(21)7-8-19-16(23)12-3-5-13(17)6-4-12/h3-6,11H,7-10H2,1-2H3,(H,18,21)(H,19,23)(H,20,22). The largest absolute Gasteiger partial charge is 0.354 e. The van der Waals surface area contributed by atoms with Gasteiger partial charge in [0.15, 0.2) is 0 Å². The van der Waals surface area contributed by atoms with Crippen LogP contribution in [0.15, 0.2) is 28.7 Å². The maximum atomic E-state index is 11.8. The Bertz CT molecular complexity index is 544. The molecule has 0 spiro atoms. The fourth-order valence-electron chi connectivity index (χ4n) is 1.67. The third-order valence-electron chi connectivity index (χ3n) is 3.01. The Hall–Kier alpha value is -1.89. The molecule has 3 N–H and O–H groups in total. The molecule has 7 heteroatoms. The molecular weight excluding hydrogens is 362 g/mol. The second kappa shape index (κ2) is 9.99. The van der Waals surface area contributed by atoms with E-state index >= 15 is 0 Å². The minimum atomic E-state index is -0.213. The summed E-state index contributed by atoms with van der Waals surface area (Å²) in [5, 5.41) is 8.09. The van der Waals surface area contributed by atoms with Gasteiger partial charge < -0.3 is 16.0 Å². The molecule has 0 aliphatic rings. The highest BCUT2D eigenvalue weighted by molar-refractivity contribution is 9.10. The summed E-state index contributed by atoms with van der Waals surface area (Å²) in [4.78, 5) is 34.7. The molecular formula is C16H22BrN3O3. The van der Waals surface area contributed by atoms with E-state index in [0.717, 1.165) is 4.47 Å². The molecule has 0 aliphatic carbocycles. The Morgan fingerprint density at radius 3 is 2.17 bits per heavy atom. The summed E-state index contributed by atoms with van der Waals surface area (Å²) < 4.78 is 0.901. The molecule has 0 aliphatic heterocycles. The highest BCUT2D eigenvalue weighted by atomic mass is 79.9. The van der Waals surface area contributed by atoms with E-state index in [9.17, 15) is 14.4 Å². The number of halogens is 1. The van der Waals surface area contributed by atoms with Crippen LogP contribution in [0, 0.1) is 5.92 Å². The molecule has 0 saturated heterocycles. The second-order valence-electron chi connectivity index (χ2n) is 5.31. The van der Waals surface area contributed by atoms with Crippen LogP contribution >= 0.6 is 15.9 Å². The van der Waals surface area contributed by atoms with Gasteiger partial charge in [0.05, 0.1) is 0 Å². The fourth-order valence-corrected chi connectivity index (χ4v) is 1.94. The van der Waals surface area contributed by atoms with E-state index in [1.807, 2.05) is 13.8 Å². The van der Waals surface area contributed by atoms with E-state index < -0.39 is 0 Å². The highest BCUT2D eigenvalue weighted by Crippen LogP contribution is 2.10. The van der Waals surface area contributed by atoms with Crippen molar-refractivity contribution in [1.82, 2.24) is 16.0 Å². The monoisotopic (exact) mass is 383 g/mol. The maximum absolute atomic E-state index is 11.8. The Kier molecular flexibility index (Phi) is 8.32. The average Bonchev–Trinajstić information content (AvgIpc) is 2.51. The average molecular weight is 384 g/mol. The lowest BCUT2D eigenvalue weighted by Gasteiger charge is -2.09. The summed E-state index contributed by atoms with van der Waals surface area (Å²) in [7, 11) is 0. The van der Waals surface area contributed by atoms with Gasteiger partial charge in [0.2, 0.25) is 11.8 Å². The number of hydrogen-bond acceptors (Lipinski definition) is 3. The number of hydrogen-bond donors (Lipinski definition) is 3. The Morgan fingerprint density at radius 1 is 0.957 bits per heavy atom. The van der Waals surface area contributed by atoms with E-state index in [2.05, 4.69) is 31.9 Å². The third-order valence-corrected chi connectivity index (χ3v) is 3.54. The van der Waals surface area contributed by atoms with Crippen molar-refractivity contribution in [2.75, 3.05) is 19.6 Å². The van der Waals surface area contributed by atoms with Crippen molar-refractivity contribution < 1.29 is 14.4 Å². The Morgan fingerprint density at radius 2 is 1.57 bits per heavy atom. The number of amides is 3. The SMILES string of the molecule is CC(C)C(=O)NCCNC(=O)CCNC(=O)c1ccc(Br)cc1. The van der Waals surface area contributed by atoms with Crippen LogP contribution in [0.5, 0.6) is 0 Å². The lowest BCUT2D eigenvalue weighted by atomic mass is 10.2. The quantitative estimate of drug-likeness (QED) is 0.593. The van der Waals surface area contributed by atoms with E-state index in [1.165, 1.54) is 0 Å². The van der Waals surface area contributed by atoms with Crippen LogP contribution < -0.4 is 16.0 Å². The van der Waals surface area contributed by atoms with Gasteiger partial charge in [0.25, 0.3) is 5.91 Å². The molecule has 0 saturated carbocycles. The first-order valence-electron chi connectivity index (χ1n) is 7.48. The van der Waals surface area contributed by atoms with Crippen LogP contribution in [0.25, 0.3) is 0 Å². The summed E-state index contributed by atoms with van der Waals surface area (Å²) in [5.74, 6) is -0.491. The first kappa shape index (κ1) is 19.2.